The van der Waals surface area contributed by atoms with E-state index in [1.54, 1.807) is 30.6 Å². The van der Waals surface area contributed by atoms with E-state index in [1.807, 2.05) is 19.9 Å². The molecule has 0 spiro atoms. The molecule has 1 fully saturated rings. The predicted octanol–water partition coefficient (Wildman–Crippen LogP) is 4.54. The van der Waals surface area contributed by atoms with E-state index >= 15 is 0 Å². The van der Waals surface area contributed by atoms with Crippen molar-refractivity contribution in [3.63, 3.8) is 0 Å². The lowest BCUT2D eigenvalue weighted by atomic mass is 10.1. The maximum atomic E-state index is 14.2. The van der Waals surface area contributed by atoms with Crippen LogP contribution in [0.4, 0.5) is 23.8 Å². The summed E-state index contributed by atoms with van der Waals surface area (Å²) in [6, 6.07) is 2.70. The maximum absolute atomic E-state index is 14.2. The van der Waals surface area contributed by atoms with E-state index in [9.17, 15) is 23.2 Å². The molecule has 4 rings (SSSR count). The number of ether oxygens (including phenoxy) is 1. The largest absolute Gasteiger partial charge is 0.444 e. The molecule has 1 aliphatic heterocycles. The van der Waals surface area contributed by atoms with Crippen LogP contribution in [0.25, 0.3) is 16.7 Å². The number of alkyl halides is 3. The van der Waals surface area contributed by atoms with Gasteiger partial charge in [-0.15, -0.1) is 0 Å². The van der Waals surface area contributed by atoms with Gasteiger partial charge in [-0.3, -0.25) is 9.55 Å². The number of hydrogen-bond acceptors (Lipinski definition) is 7. The van der Waals surface area contributed by atoms with Crippen LogP contribution in [-0.4, -0.2) is 61.3 Å². The van der Waals surface area contributed by atoms with Crippen molar-refractivity contribution in [2.45, 2.75) is 58.5 Å². The predicted molar refractivity (Wildman–Crippen MR) is 126 cm³/mol. The summed E-state index contributed by atoms with van der Waals surface area (Å²) in [4.78, 5) is 28.4. The van der Waals surface area contributed by atoms with E-state index in [-0.39, 0.29) is 53.3 Å². The van der Waals surface area contributed by atoms with E-state index in [0.29, 0.717) is 0 Å². The monoisotopic (exact) mass is 501 g/mol. The molecule has 0 unspecified atom stereocenters. The molecular weight excluding hydrogens is 475 g/mol. The zero-order chi connectivity index (χ0) is 26.4. The van der Waals surface area contributed by atoms with Crippen LogP contribution in [0.3, 0.4) is 0 Å². The molecule has 0 bridgehead atoms. The topological polar surface area (TPSA) is 100 Å². The molecule has 9 nitrogen and oxygen atoms in total. The number of halogens is 3. The number of piperazine rings is 1. The second-order valence-corrected chi connectivity index (χ2v) is 9.83. The molecule has 0 radical (unpaired) electrons. The van der Waals surface area contributed by atoms with Gasteiger partial charge in [0.05, 0.1) is 28.4 Å². The molecule has 0 aromatic carbocycles. The summed E-state index contributed by atoms with van der Waals surface area (Å²) >= 11 is 0. The van der Waals surface area contributed by atoms with Crippen molar-refractivity contribution in [1.82, 2.24) is 24.4 Å². The number of nitrogens with zero attached hydrogens (tertiary/aromatic N) is 7. The Labute approximate surface area is 206 Å². The van der Waals surface area contributed by atoms with Crippen LogP contribution in [0.5, 0.6) is 0 Å². The van der Waals surface area contributed by atoms with Crippen LogP contribution in [-0.2, 0) is 10.9 Å². The minimum absolute atomic E-state index is 0.0404. The third-order valence-electron chi connectivity index (χ3n) is 5.89. The van der Waals surface area contributed by atoms with Gasteiger partial charge < -0.3 is 14.5 Å². The minimum atomic E-state index is -4.68. The lowest BCUT2D eigenvalue weighted by Crippen LogP contribution is -2.59. The lowest BCUT2D eigenvalue weighted by molar-refractivity contribution is -0.136. The van der Waals surface area contributed by atoms with Crippen molar-refractivity contribution in [1.29, 1.82) is 5.26 Å². The highest BCUT2D eigenvalue weighted by molar-refractivity contribution is 5.93. The fraction of sp³-hybridized carbons (Fsp3) is 0.458. The number of carbonyl (C=O) groups excluding carboxylic acids is 1. The SMILES string of the molecule is C[C@@H]1CN(c2ncnc3c2c(C(F)(F)F)cn3-c2cncc(C#N)c2)[C@@H](C)CN1C(=O)OC(C)(C)C. The molecule has 1 aliphatic rings. The Balaban J connectivity index is 1.79. The van der Waals surface area contributed by atoms with Gasteiger partial charge in [0, 0.05) is 37.6 Å². The molecule has 3 aromatic rings. The van der Waals surface area contributed by atoms with Gasteiger partial charge in [-0.25, -0.2) is 14.8 Å². The summed E-state index contributed by atoms with van der Waals surface area (Å²) in [5, 5.41) is 9.04. The number of pyridine rings is 1. The fourth-order valence-electron chi connectivity index (χ4n) is 4.29. The third kappa shape index (κ3) is 4.78. The summed E-state index contributed by atoms with van der Waals surface area (Å²) in [5.41, 5.74) is -1.05. The molecule has 0 aliphatic carbocycles. The van der Waals surface area contributed by atoms with E-state index in [0.717, 1.165) is 6.20 Å². The molecule has 1 saturated heterocycles. The molecule has 36 heavy (non-hydrogen) atoms. The summed E-state index contributed by atoms with van der Waals surface area (Å²) in [6.07, 6.45) is -0.294. The third-order valence-corrected chi connectivity index (χ3v) is 5.89. The van der Waals surface area contributed by atoms with Crippen LogP contribution in [0.15, 0.2) is 31.0 Å². The quantitative estimate of drug-likeness (QED) is 0.508. The first-order chi connectivity index (χ1) is 16.8. The second kappa shape index (κ2) is 8.96. The second-order valence-electron chi connectivity index (χ2n) is 9.83. The average molecular weight is 502 g/mol. The van der Waals surface area contributed by atoms with Crippen molar-refractivity contribution in [3.05, 3.63) is 42.1 Å². The number of hydrogen-bond donors (Lipinski definition) is 0. The first-order valence-corrected chi connectivity index (χ1v) is 11.3. The molecule has 1 amide bonds. The Morgan fingerprint density at radius 2 is 1.86 bits per heavy atom. The highest BCUT2D eigenvalue weighted by Gasteiger charge is 2.40. The minimum Gasteiger partial charge on any atom is -0.444 e. The van der Waals surface area contributed by atoms with Crippen molar-refractivity contribution < 1.29 is 22.7 Å². The highest BCUT2D eigenvalue weighted by Crippen LogP contribution is 2.41. The number of anilines is 1. The Morgan fingerprint density at radius 1 is 1.14 bits per heavy atom. The Bertz CT molecular complexity index is 1340. The van der Waals surface area contributed by atoms with Crippen LogP contribution in [0.2, 0.25) is 0 Å². The van der Waals surface area contributed by atoms with Gasteiger partial charge in [0.1, 0.15) is 23.8 Å². The zero-order valence-electron chi connectivity index (χ0n) is 20.5. The normalized spacial score (nSPS) is 18.9. The standard InChI is InChI=1S/C24H26F3N7O2/c1-14-11-33(22(35)36-23(3,4)5)15(2)10-32(14)20-19-18(24(25,26)27)12-34(21(19)31-13-30-20)17-6-16(7-28)8-29-9-17/h6,8-9,12-15H,10-11H2,1-5H3/t14-,15+/m0/s1. The number of fused-ring (bicyclic) bond motifs is 1. The van der Waals surface area contributed by atoms with Crippen molar-refractivity contribution in [3.8, 4) is 11.8 Å². The van der Waals surface area contributed by atoms with E-state index in [1.165, 1.54) is 29.4 Å². The van der Waals surface area contributed by atoms with Gasteiger partial charge in [-0.2, -0.15) is 18.4 Å². The van der Waals surface area contributed by atoms with Crippen LogP contribution < -0.4 is 4.90 Å². The molecule has 2 atom stereocenters. The van der Waals surface area contributed by atoms with E-state index in [2.05, 4.69) is 15.0 Å². The van der Waals surface area contributed by atoms with Crippen molar-refractivity contribution in [2.24, 2.45) is 0 Å². The van der Waals surface area contributed by atoms with Gasteiger partial charge in [0.15, 0.2) is 5.65 Å². The Kier molecular flexibility index (Phi) is 6.28. The smallest absolute Gasteiger partial charge is 0.418 e. The molecule has 3 aromatic heterocycles. The first-order valence-electron chi connectivity index (χ1n) is 11.3. The number of rotatable bonds is 2. The summed E-state index contributed by atoms with van der Waals surface area (Å²) < 4.78 is 49.4. The van der Waals surface area contributed by atoms with Gasteiger partial charge >= 0.3 is 12.3 Å². The van der Waals surface area contributed by atoms with Crippen LogP contribution in [0, 0.1) is 11.3 Å². The Morgan fingerprint density at radius 3 is 2.50 bits per heavy atom. The number of aromatic nitrogens is 4. The summed E-state index contributed by atoms with van der Waals surface area (Å²) in [7, 11) is 0. The molecule has 4 heterocycles. The van der Waals surface area contributed by atoms with Gasteiger partial charge in [-0.1, -0.05) is 0 Å². The highest BCUT2D eigenvalue weighted by atomic mass is 19.4. The lowest BCUT2D eigenvalue weighted by Gasteiger charge is -2.44. The van der Waals surface area contributed by atoms with Crippen molar-refractivity contribution >= 4 is 22.9 Å². The molecule has 0 N–H and O–H groups in total. The van der Waals surface area contributed by atoms with Crippen LogP contribution in [0.1, 0.15) is 45.7 Å². The summed E-state index contributed by atoms with van der Waals surface area (Å²) in [6.45, 7) is 9.46. The zero-order valence-corrected chi connectivity index (χ0v) is 20.5. The van der Waals surface area contributed by atoms with Gasteiger partial charge in [-0.05, 0) is 40.7 Å². The van der Waals surface area contributed by atoms with Crippen molar-refractivity contribution in [2.75, 3.05) is 18.0 Å². The Hall–Kier alpha value is -3.88. The number of carbonyl (C=O) groups is 1. The molecule has 12 heteroatoms. The summed E-state index contributed by atoms with van der Waals surface area (Å²) in [5.74, 6) is 0.124. The van der Waals surface area contributed by atoms with E-state index < -0.39 is 23.4 Å². The number of nitriles is 1. The molecule has 190 valence electrons. The van der Waals surface area contributed by atoms with E-state index in [4.69, 9.17) is 4.74 Å². The fourth-order valence-corrected chi connectivity index (χ4v) is 4.29. The average Bonchev–Trinajstić information content (AvgIpc) is 3.20. The van der Waals surface area contributed by atoms with Crippen LogP contribution >= 0.6 is 0 Å². The molecule has 0 saturated carbocycles. The maximum Gasteiger partial charge on any atom is 0.418 e. The first kappa shape index (κ1) is 25.2. The molecular formula is C24H26F3N7O2. The van der Waals surface area contributed by atoms with Gasteiger partial charge in [0.2, 0.25) is 0 Å². The number of amides is 1. The van der Waals surface area contributed by atoms with Gasteiger partial charge in [0.25, 0.3) is 0 Å².